The van der Waals surface area contributed by atoms with Crippen molar-refractivity contribution in [3.05, 3.63) is 125 Å². The number of hydrogen-bond donors (Lipinski definition) is 0. The van der Waals surface area contributed by atoms with Crippen molar-refractivity contribution in [2.75, 3.05) is 33.3 Å². The van der Waals surface area contributed by atoms with Gasteiger partial charge in [0.2, 0.25) is 0 Å². The molecular formula is C32H35N3O3. The maximum Gasteiger partial charge on any atom is 0.289 e. The van der Waals surface area contributed by atoms with E-state index in [0.29, 0.717) is 31.9 Å². The second-order valence-electron chi connectivity index (χ2n) is 9.76. The molecule has 0 radical (unpaired) electrons. The molecule has 3 aromatic carbocycles. The van der Waals surface area contributed by atoms with Crippen LogP contribution in [0.1, 0.15) is 33.0 Å². The normalized spacial score (nSPS) is 14.1. The van der Waals surface area contributed by atoms with E-state index < -0.39 is 0 Å². The van der Waals surface area contributed by atoms with Crippen molar-refractivity contribution in [2.24, 2.45) is 0 Å². The van der Waals surface area contributed by atoms with E-state index in [0.717, 1.165) is 43.3 Å². The molecule has 196 valence electrons. The fourth-order valence-electron chi connectivity index (χ4n) is 4.99. The van der Waals surface area contributed by atoms with Gasteiger partial charge in [0.25, 0.3) is 5.91 Å². The highest BCUT2D eigenvalue weighted by atomic mass is 16.5. The number of nitrogens with zero attached hydrogens (tertiary/aromatic N) is 3. The second-order valence-corrected chi connectivity index (χ2v) is 9.76. The number of piperazine rings is 1. The minimum Gasteiger partial charge on any atom is -0.496 e. The van der Waals surface area contributed by atoms with Gasteiger partial charge in [-0.3, -0.25) is 14.6 Å². The molecule has 5 rings (SSSR count). The van der Waals surface area contributed by atoms with E-state index in [1.165, 1.54) is 11.1 Å². The van der Waals surface area contributed by atoms with E-state index >= 15 is 0 Å². The summed E-state index contributed by atoms with van der Waals surface area (Å²) in [4.78, 5) is 19.8. The SMILES string of the molecule is COc1ccccc1CN(Cc1ccccc1)Cc1ccc(C(=O)N2CCN(Cc3ccccc3)CC2)o1. The first-order valence-electron chi connectivity index (χ1n) is 13.2. The maximum absolute atomic E-state index is 13.2. The third kappa shape index (κ3) is 6.71. The molecule has 1 aromatic heterocycles. The van der Waals surface area contributed by atoms with Crippen LogP contribution in [0.3, 0.4) is 0 Å². The van der Waals surface area contributed by atoms with Gasteiger partial charge >= 0.3 is 0 Å². The summed E-state index contributed by atoms with van der Waals surface area (Å²) < 4.78 is 11.7. The molecule has 6 nitrogen and oxygen atoms in total. The lowest BCUT2D eigenvalue weighted by molar-refractivity contribution is 0.0594. The van der Waals surface area contributed by atoms with Crippen LogP contribution in [0.25, 0.3) is 0 Å². The molecule has 0 N–H and O–H groups in total. The zero-order valence-corrected chi connectivity index (χ0v) is 22.0. The van der Waals surface area contributed by atoms with E-state index in [1.807, 2.05) is 47.4 Å². The van der Waals surface area contributed by atoms with Crippen molar-refractivity contribution in [1.29, 1.82) is 0 Å². The second kappa shape index (κ2) is 12.6. The Morgan fingerprint density at radius 2 is 1.42 bits per heavy atom. The number of hydrogen-bond acceptors (Lipinski definition) is 5. The summed E-state index contributed by atoms with van der Waals surface area (Å²) >= 11 is 0. The summed E-state index contributed by atoms with van der Waals surface area (Å²) in [6, 6.07) is 32.7. The van der Waals surface area contributed by atoms with Crippen molar-refractivity contribution in [3.63, 3.8) is 0 Å². The number of carbonyl (C=O) groups excluding carboxylic acids is 1. The van der Waals surface area contributed by atoms with Gasteiger partial charge < -0.3 is 14.1 Å². The molecule has 0 aliphatic carbocycles. The van der Waals surface area contributed by atoms with Gasteiger partial charge in [-0.2, -0.15) is 0 Å². The molecule has 0 saturated carbocycles. The first kappa shape index (κ1) is 25.8. The number of amides is 1. The Hall–Kier alpha value is -3.87. The van der Waals surface area contributed by atoms with Gasteiger partial charge in [-0.15, -0.1) is 0 Å². The monoisotopic (exact) mass is 509 g/mol. The molecule has 38 heavy (non-hydrogen) atoms. The number of methoxy groups -OCH3 is 1. The zero-order valence-electron chi connectivity index (χ0n) is 22.0. The van der Waals surface area contributed by atoms with Crippen LogP contribution >= 0.6 is 0 Å². The third-order valence-corrected chi connectivity index (χ3v) is 7.00. The number of carbonyl (C=O) groups is 1. The van der Waals surface area contributed by atoms with E-state index in [4.69, 9.17) is 9.15 Å². The van der Waals surface area contributed by atoms with Gasteiger partial charge in [-0.05, 0) is 29.3 Å². The Kier molecular flexibility index (Phi) is 8.53. The summed E-state index contributed by atoms with van der Waals surface area (Å²) in [6.07, 6.45) is 0. The molecule has 0 spiro atoms. The molecular weight excluding hydrogens is 474 g/mol. The van der Waals surface area contributed by atoms with Crippen molar-refractivity contribution < 1.29 is 13.9 Å². The van der Waals surface area contributed by atoms with Gasteiger partial charge in [0, 0.05) is 51.4 Å². The van der Waals surface area contributed by atoms with Gasteiger partial charge in [0.05, 0.1) is 13.7 Å². The van der Waals surface area contributed by atoms with Crippen LogP contribution in [-0.4, -0.2) is 53.9 Å². The Morgan fingerprint density at radius 1 is 0.763 bits per heavy atom. The van der Waals surface area contributed by atoms with Crippen molar-refractivity contribution in [3.8, 4) is 5.75 Å². The number of para-hydroxylation sites is 1. The van der Waals surface area contributed by atoms with Crippen LogP contribution < -0.4 is 4.74 Å². The largest absolute Gasteiger partial charge is 0.496 e. The van der Waals surface area contributed by atoms with Crippen LogP contribution in [0.4, 0.5) is 0 Å². The van der Waals surface area contributed by atoms with Crippen molar-refractivity contribution in [1.82, 2.24) is 14.7 Å². The molecule has 0 unspecified atom stereocenters. The van der Waals surface area contributed by atoms with Crippen LogP contribution in [0.15, 0.2) is 101 Å². The Morgan fingerprint density at radius 3 is 2.13 bits per heavy atom. The summed E-state index contributed by atoms with van der Waals surface area (Å²) in [5.41, 5.74) is 3.64. The smallest absolute Gasteiger partial charge is 0.289 e. The first-order valence-corrected chi connectivity index (χ1v) is 13.2. The Labute approximate surface area is 225 Å². The number of rotatable bonds is 10. The maximum atomic E-state index is 13.2. The van der Waals surface area contributed by atoms with Crippen LogP contribution in [-0.2, 0) is 26.2 Å². The molecule has 1 aliphatic heterocycles. The molecule has 1 amide bonds. The van der Waals surface area contributed by atoms with Crippen LogP contribution in [0, 0.1) is 0 Å². The van der Waals surface area contributed by atoms with Gasteiger partial charge in [-0.25, -0.2) is 0 Å². The first-order chi connectivity index (χ1) is 18.7. The van der Waals surface area contributed by atoms with E-state index in [-0.39, 0.29) is 5.91 Å². The van der Waals surface area contributed by atoms with E-state index in [9.17, 15) is 4.79 Å². The predicted octanol–water partition coefficient (Wildman–Crippen LogP) is 5.45. The lowest BCUT2D eigenvalue weighted by atomic mass is 10.1. The predicted molar refractivity (Wildman–Crippen MR) is 149 cm³/mol. The topological polar surface area (TPSA) is 49.2 Å². The fourth-order valence-corrected chi connectivity index (χ4v) is 4.99. The fraction of sp³-hybridized carbons (Fsp3) is 0.281. The van der Waals surface area contributed by atoms with E-state index in [1.54, 1.807) is 7.11 Å². The standard InChI is InChI=1S/C32H35N3O3/c1-37-30-15-9-8-14-28(30)24-34(23-27-12-6-3-7-13-27)25-29-16-17-31(38-29)32(36)35-20-18-33(19-21-35)22-26-10-4-2-5-11-26/h2-17H,18-25H2,1H3. The molecule has 2 heterocycles. The van der Waals surface area contributed by atoms with Crippen molar-refractivity contribution in [2.45, 2.75) is 26.2 Å². The highest BCUT2D eigenvalue weighted by Crippen LogP contribution is 2.23. The molecule has 0 bridgehead atoms. The summed E-state index contributed by atoms with van der Waals surface area (Å²) in [6.45, 7) is 6.09. The van der Waals surface area contributed by atoms with Gasteiger partial charge in [0.1, 0.15) is 11.5 Å². The van der Waals surface area contributed by atoms with Crippen LogP contribution in [0.2, 0.25) is 0 Å². The molecule has 1 aliphatic rings. The molecule has 4 aromatic rings. The quantitative estimate of drug-likeness (QED) is 0.285. The van der Waals surface area contributed by atoms with Gasteiger partial charge in [-0.1, -0.05) is 78.9 Å². The Balaban J connectivity index is 1.22. The number of furan rings is 1. The van der Waals surface area contributed by atoms with Gasteiger partial charge in [0.15, 0.2) is 5.76 Å². The molecule has 0 atom stereocenters. The average Bonchev–Trinajstić information content (AvgIpc) is 3.43. The number of benzene rings is 3. The van der Waals surface area contributed by atoms with Crippen LogP contribution in [0.5, 0.6) is 5.75 Å². The highest BCUT2D eigenvalue weighted by Gasteiger charge is 2.25. The lowest BCUT2D eigenvalue weighted by Gasteiger charge is -2.34. The summed E-state index contributed by atoms with van der Waals surface area (Å²) in [7, 11) is 1.70. The zero-order chi connectivity index (χ0) is 26.2. The van der Waals surface area contributed by atoms with E-state index in [2.05, 4.69) is 64.4 Å². The molecule has 1 fully saturated rings. The summed E-state index contributed by atoms with van der Waals surface area (Å²) in [5.74, 6) is 2.03. The lowest BCUT2D eigenvalue weighted by Crippen LogP contribution is -2.48. The minimum absolute atomic E-state index is 0.0325. The molecule has 1 saturated heterocycles. The Bertz CT molecular complexity index is 1300. The number of ether oxygens (including phenoxy) is 1. The molecule has 6 heteroatoms. The average molecular weight is 510 g/mol. The minimum atomic E-state index is -0.0325. The third-order valence-electron chi connectivity index (χ3n) is 7.00. The van der Waals surface area contributed by atoms with Crippen molar-refractivity contribution >= 4 is 5.91 Å². The highest BCUT2D eigenvalue weighted by molar-refractivity contribution is 5.91. The summed E-state index contributed by atoms with van der Waals surface area (Å²) in [5, 5.41) is 0.